The molecule has 0 N–H and O–H groups in total. The van der Waals surface area contributed by atoms with Gasteiger partial charge in [0.1, 0.15) is 0 Å². The number of benzene rings is 7. The van der Waals surface area contributed by atoms with Gasteiger partial charge in [0.05, 0.1) is 0 Å². The number of hydrogen-bond donors (Lipinski definition) is 0. The van der Waals surface area contributed by atoms with Gasteiger partial charge >= 0.3 is 0 Å². The molecule has 0 aliphatic carbocycles. The van der Waals surface area contributed by atoms with Crippen LogP contribution in [0.15, 0.2) is 86.9 Å². The SMILES string of the molecule is CCCCCCc1ccc2c3cscc3c3c(c2c1)c1c2cscc2c2ccc(CCCCCC)cc2c1c1c2cscc2c2ccc(CCCCCC)cc2c31. The van der Waals surface area contributed by atoms with Crippen molar-refractivity contribution in [1.29, 1.82) is 0 Å². The first-order valence-corrected chi connectivity index (χ1v) is 24.9. The van der Waals surface area contributed by atoms with Crippen molar-refractivity contribution >= 4 is 131 Å². The first-order chi connectivity index (χ1) is 28.2. The average molecular weight is 799 g/mol. The van der Waals surface area contributed by atoms with Gasteiger partial charge in [0.25, 0.3) is 0 Å². The van der Waals surface area contributed by atoms with Gasteiger partial charge in [-0.05, 0) is 136 Å². The lowest BCUT2D eigenvalue weighted by atomic mass is 9.81. The van der Waals surface area contributed by atoms with Gasteiger partial charge in [-0.1, -0.05) is 133 Å². The van der Waals surface area contributed by atoms with E-state index < -0.39 is 0 Å². The molecular weight excluding hydrogens is 745 g/mol. The average Bonchev–Trinajstić information content (AvgIpc) is 4.04. The quantitative estimate of drug-likeness (QED) is 0.0716. The maximum Gasteiger partial charge on any atom is 0.00150 e. The highest BCUT2D eigenvalue weighted by molar-refractivity contribution is 7.10. The van der Waals surface area contributed by atoms with Crippen LogP contribution >= 0.6 is 34.0 Å². The Hall–Kier alpha value is -4.02. The summed E-state index contributed by atoms with van der Waals surface area (Å²) in [5.41, 5.74) is 4.44. The van der Waals surface area contributed by atoms with Gasteiger partial charge in [-0.3, -0.25) is 0 Å². The molecule has 10 aromatic rings. The summed E-state index contributed by atoms with van der Waals surface area (Å²) in [7, 11) is 0. The molecule has 57 heavy (non-hydrogen) atoms. The van der Waals surface area contributed by atoms with Crippen molar-refractivity contribution in [3.63, 3.8) is 0 Å². The molecule has 0 amide bonds. The van der Waals surface area contributed by atoms with Crippen LogP contribution in [0.25, 0.3) is 97.0 Å². The van der Waals surface area contributed by atoms with Gasteiger partial charge in [-0.2, -0.15) is 34.0 Å². The standard InChI is InChI=1S/C54H54S3/c1-4-7-10-13-16-34-19-22-37-40(25-34)49-52(46-31-55-28-43(37)46)50-42-27-36(18-15-12-9-6-3)21-24-39(42)45-30-57-33-48(45)54(50)51-41-26-35(17-14-11-8-5-2)20-23-38(41)44-29-56-32-47(44)53(49)51/h19-33H,4-18H2,1-3H3. The van der Waals surface area contributed by atoms with Gasteiger partial charge in [0.15, 0.2) is 0 Å². The summed E-state index contributed by atoms with van der Waals surface area (Å²) in [6.07, 6.45) is 18.9. The highest BCUT2D eigenvalue weighted by Crippen LogP contribution is 2.53. The van der Waals surface area contributed by atoms with Crippen LogP contribution in [0.2, 0.25) is 0 Å². The van der Waals surface area contributed by atoms with Gasteiger partial charge in [-0.25, -0.2) is 0 Å². The van der Waals surface area contributed by atoms with Crippen LogP contribution in [0.3, 0.4) is 0 Å². The maximum absolute atomic E-state index is 2.61. The van der Waals surface area contributed by atoms with E-state index in [1.165, 1.54) is 191 Å². The zero-order chi connectivity index (χ0) is 38.5. The number of aryl methyl sites for hydroxylation is 3. The Balaban J connectivity index is 1.42. The fourth-order valence-electron chi connectivity index (χ4n) is 10.3. The Morgan fingerprint density at radius 3 is 0.860 bits per heavy atom. The van der Waals surface area contributed by atoms with Gasteiger partial charge < -0.3 is 0 Å². The molecule has 0 nitrogen and oxygen atoms in total. The molecule has 0 unspecified atom stereocenters. The van der Waals surface area contributed by atoms with E-state index in [0.29, 0.717) is 0 Å². The van der Waals surface area contributed by atoms with Crippen molar-refractivity contribution in [2.75, 3.05) is 0 Å². The highest BCUT2D eigenvalue weighted by atomic mass is 32.1. The Kier molecular flexibility index (Phi) is 10.4. The number of rotatable bonds is 15. The molecule has 0 aliphatic rings. The van der Waals surface area contributed by atoms with E-state index in [1.54, 1.807) is 0 Å². The van der Waals surface area contributed by atoms with Crippen LogP contribution in [-0.2, 0) is 19.3 Å². The first kappa shape index (κ1) is 37.3. The van der Waals surface area contributed by atoms with E-state index in [-0.39, 0.29) is 0 Å². The molecule has 288 valence electrons. The largest absolute Gasteiger partial charge is 0.151 e. The summed E-state index contributed by atoms with van der Waals surface area (Å²) in [6, 6.07) is 22.6. The van der Waals surface area contributed by atoms with Gasteiger partial charge in [-0.15, -0.1) is 0 Å². The lowest BCUT2D eigenvalue weighted by molar-refractivity contribution is 0.667. The minimum absolute atomic E-state index is 1.14. The van der Waals surface area contributed by atoms with E-state index >= 15 is 0 Å². The zero-order valence-corrected chi connectivity index (χ0v) is 36.4. The van der Waals surface area contributed by atoms with Gasteiger partial charge in [0.2, 0.25) is 0 Å². The predicted molar refractivity (Wildman–Crippen MR) is 261 cm³/mol. The number of fused-ring (bicyclic) bond motifs is 21. The second kappa shape index (κ2) is 16.0. The number of hydrogen-bond acceptors (Lipinski definition) is 3. The molecule has 10 rings (SSSR count). The van der Waals surface area contributed by atoms with Crippen LogP contribution in [0.5, 0.6) is 0 Å². The minimum Gasteiger partial charge on any atom is -0.151 e. The molecule has 3 heterocycles. The van der Waals surface area contributed by atoms with Crippen molar-refractivity contribution in [2.45, 2.75) is 117 Å². The predicted octanol–water partition coefficient (Wildman–Crippen LogP) is 18.6. The molecule has 3 aromatic heterocycles. The van der Waals surface area contributed by atoms with Crippen LogP contribution in [-0.4, -0.2) is 0 Å². The van der Waals surface area contributed by atoms with Crippen molar-refractivity contribution < 1.29 is 0 Å². The van der Waals surface area contributed by atoms with Gasteiger partial charge in [0, 0.05) is 48.5 Å². The molecule has 3 heteroatoms. The van der Waals surface area contributed by atoms with Crippen molar-refractivity contribution in [3.05, 3.63) is 104 Å². The Morgan fingerprint density at radius 1 is 0.281 bits per heavy atom. The zero-order valence-electron chi connectivity index (χ0n) is 34.0. The lowest BCUT2D eigenvalue weighted by Gasteiger charge is -2.21. The van der Waals surface area contributed by atoms with Crippen molar-refractivity contribution in [1.82, 2.24) is 0 Å². The highest BCUT2D eigenvalue weighted by Gasteiger charge is 2.25. The molecule has 0 fully saturated rings. The fraction of sp³-hybridized carbons (Fsp3) is 0.333. The van der Waals surface area contributed by atoms with E-state index in [1.807, 2.05) is 34.0 Å². The van der Waals surface area contributed by atoms with Crippen LogP contribution in [0, 0.1) is 0 Å². The Labute approximate surface area is 349 Å². The third-order valence-electron chi connectivity index (χ3n) is 13.2. The van der Waals surface area contributed by atoms with Crippen molar-refractivity contribution in [2.24, 2.45) is 0 Å². The second-order valence-corrected chi connectivity index (χ2v) is 19.1. The molecule has 0 atom stereocenters. The van der Waals surface area contributed by atoms with Crippen molar-refractivity contribution in [3.8, 4) is 0 Å². The second-order valence-electron chi connectivity index (χ2n) is 16.9. The monoisotopic (exact) mass is 798 g/mol. The van der Waals surface area contributed by atoms with E-state index in [0.717, 1.165) is 19.3 Å². The summed E-state index contributed by atoms with van der Waals surface area (Å²) in [4.78, 5) is 0. The molecule has 0 bridgehead atoms. The molecule has 7 aromatic carbocycles. The summed E-state index contributed by atoms with van der Waals surface area (Å²) < 4.78 is 0. The van der Waals surface area contributed by atoms with E-state index in [2.05, 4.69) is 108 Å². The summed E-state index contributed by atoms with van der Waals surface area (Å²) in [5, 5.41) is 40.5. The maximum atomic E-state index is 2.61. The Morgan fingerprint density at radius 2 is 0.561 bits per heavy atom. The summed E-state index contributed by atoms with van der Waals surface area (Å²) in [6.45, 7) is 6.95. The summed E-state index contributed by atoms with van der Waals surface area (Å²) >= 11 is 5.62. The van der Waals surface area contributed by atoms with E-state index in [4.69, 9.17) is 0 Å². The molecular formula is C54H54S3. The first-order valence-electron chi connectivity index (χ1n) is 22.0. The smallest absolute Gasteiger partial charge is 0.00150 e. The molecule has 0 radical (unpaired) electrons. The normalized spacial score (nSPS) is 12.5. The topological polar surface area (TPSA) is 0 Å². The Bertz CT molecular complexity index is 2730. The number of unbranched alkanes of at least 4 members (excludes halogenated alkanes) is 9. The summed E-state index contributed by atoms with van der Waals surface area (Å²) in [5.74, 6) is 0. The molecule has 0 saturated heterocycles. The third kappa shape index (κ3) is 6.35. The third-order valence-corrected chi connectivity index (χ3v) is 15.4. The van der Waals surface area contributed by atoms with Crippen LogP contribution in [0.4, 0.5) is 0 Å². The minimum atomic E-state index is 1.14. The fourth-order valence-corrected chi connectivity index (χ4v) is 12.8. The number of thiophene rings is 3. The lowest BCUT2D eigenvalue weighted by Crippen LogP contribution is -1.94. The molecule has 0 spiro atoms. The van der Waals surface area contributed by atoms with Crippen LogP contribution in [0.1, 0.15) is 115 Å². The molecule has 0 aliphatic heterocycles. The molecule has 0 saturated carbocycles. The van der Waals surface area contributed by atoms with E-state index in [9.17, 15) is 0 Å². The van der Waals surface area contributed by atoms with Crippen LogP contribution < -0.4 is 0 Å².